The van der Waals surface area contributed by atoms with Crippen LogP contribution in [0.2, 0.25) is 0 Å². The molecule has 0 aromatic heterocycles. The number of carbonyl (C=O) groups excluding carboxylic acids is 1. The Balaban J connectivity index is 1.58. The molecule has 4 heteroatoms. The van der Waals surface area contributed by atoms with Crippen LogP contribution in [0.15, 0.2) is 24.3 Å². The second-order valence-corrected chi connectivity index (χ2v) is 8.31. The number of halogens is 1. The molecule has 2 bridgehead atoms. The van der Waals surface area contributed by atoms with Crippen LogP contribution in [0.5, 0.6) is 0 Å². The molecule has 1 amide bonds. The van der Waals surface area contributed by atoms with Gasteiger partial charge in [0.2, 0.25) is 5.91 Å². The summed E-state index contributed by atoms with van der Waals surface area (Å²) in [7, 11) is 0. The molecule has 2 saturated carbocycles. The Morgan fingerprint density at radius 1 is 1.21 bits per heavy atom. The van der Waals surface area contributed by atoms with Crippen LogP contribution in [0.4, 0.5) is 4.39 Å². The normalized spacial score (nSPS) is 30.0. The van der Waals surface area contributed by atoms with Crippen LogP contribution in [0.25, 0.3) is 0 Å². The van der Waals surface area contributed by atoms with Crippen LogP contribution in [0.3, 0.4) is 0 Å². The third-order valence-corrected chi connectivity index (χ3v) is 6.11. The van der Waals surface area contributed by atoms with E-state index >= 15 is 0 Å². The highest BCUT2D eigenvalue weighted by Crippen LogP contribution is 2.41. The Morgan fingerprint density at radius 2 is 1.79 bits per heavy atom. The SMILES string of the molecule is CC(C)(CNC(=O)C1CC2CCCC(C1)C2N)c1ccc(F)cc1. The van der Waals surface area contributed by atoms with E-state index in [1.807, 2.05) is 0 Å². The molecular formula is C20H29FN2O. The van der Waals surface area contributed by atoms with Crippen LogP contribution in [-0.4, -0.2) is 18.5 Å². The summed E-state index contributed by atoms with van der Waals surface area (Å²) < 4.78 is 13.1. The van der Waals surface area contributed by atoms with Crippen molar-refractivity contribution in [1.82, 2.24) is 5.32 Å². The van der Waals surface area contributed by atoms with Gasteiger partial charge in [0.05, 0.1) is 0 Å². The molecule has 0 aliphatic heterocycles. The average Bonchev–Trinajstić information content (AvgIpc) is 2.53. The standard InChI is InChI=1S/C20H29FN2O/c1-20(2,16-6-8-17(21)9-7-16)12-23-19(24)15-10-13-4-3-5-14(11-15)18(13)22/h6-9,13-15,18H,3-5,10-12,22H2,1-2H3,(H,23,24). The maximum atomic E-state index is 13.1. The molecule has 0 heterocycles. The summed E-state index contributed by atoms with van der Waals surface area (Å²) in [4.78, 5) is 12.7. The number of benzene rings is 1. The van der Waals surface area contributed by atoms with Gasteiger partial charge in [-0.1, -0.05) is 32.4 Å². The molecule has 24 heavy (non-hydrogen) atoms. The number of nitrogens with one attached hydrogen (secondary N) is 1. The smallest absolute Gasteiger partial charge is 0.223 e. The molecule has 2 unspecified atom stereocenters. The van der Waals surface area contributed by atoms with E-state index in [1.165, 1.54) is 31.4 Å². The zero-order valence-corrected chi connectivity index (χ0v) is 14.7. The minimum Gasteiger partial charge on any atom is -0.355 e. The quantitative estimate of drug-likeness (QED) is 0.888. The van der Waals surface area contributed by atoms with Crippen LogP contribution in [0.1, 0.15) is 51.5 Å². The maximum absolute atomic E-state index is 13.1. The van der Waals surface area contributed by atoms with Gasteiger partial charge in [0, 0.05) is 23.9 Å². The van der Waals surface area contributed by atoms with Gasteiger partial charge in [-0.25, -0.2) is 4.39 Å². The van der Waals surface area contributed by atoms with Gasteiger partial charge in [0.1, 0.15) is 5.82 Å². The molecule has 3 N–H and O–H groups in total. The van der Waals surface area contributed by atoms with Gasteiger partial charge < -0.3 is 11.1 Å². The first-order valence-electron chi connectivity index (χ1n) is 9.16. The Morgan fingerprint density at radius 3 is 2.38 bits per heavy atom. The number of amides is 1. The highest BCUT2D eigenvalue weighted by Gasteiger charge is 2.40. The van der Waals surface area contributed by atoms with Crippen LogP contribution >= 0.6 is 0 Å². The van der Waals surface area contributed by atoms with Gasteiger partial charge >= 0.3 is 0 Å². The van der Waals surface area contributed by atoms with E-state index in [9.17, 15) is 9.18 Å². The van der Waals surface area contributed by atoms with Crippen molar-refractivity contribution in [2.45, 2.75) is 57.4 Å². The monoisotopic (exact) mass is 332 g/mol. The molecule has 0 spiro atoms. The summed E-state index contributed by atoms with van der Waals surface area (Å²) in [6.07, 6.45) is 5.46. The predicted molar refractivity (Wildman–Crippen MR) is 94.0 cm³/mol. The predicted octanol–water partition coefficient (Wildman–Crippen LogP) is 3.37. The summed E-state index contributed by atoms with van der Waals surface area (Å²) in [5, 5.41) is 3.14. The molecule has 3 nitrogen and oxygen atoms in total. The van der Waals surface area contributed by atoms with Crippen molar-refractivity contribution in [3.63, 3.8) is 0 Å². The molecule has 2 aliphatic carbocycles. The van der Waals surface area contributed by atoms with Gasteiger partial charge in [-0.2, -0.15) is 0 Å². The average molecular weight is 332 g/mol. The molecule has 0 saturated heterocycles. The van der Waals surface area contributed by atoms with Crippen molar-refractivity contribution in [2.75, 3.05) is 6.54 Å². The molecule has 2 atom stereocenters. The fraction of sp³-hybridized carbons (Fsp3) is 0.650. The van der Waals surface area contributed by atoms with E-state index in [4.69, 9.17) is 5.73 Å². The van der Waals surface area contributed by atoms with Crippen LogP contribution in [-0.2, 0) is 10.2 Å². The fourth-order valence-electron chi connectivity index (χ4n) is 4.46. The summed E-state index contributed by atoms with van der Waals surface area (Å²) >= 11 is 0. The maximum Gasteiger partial charge on any atom is 0.223 e. The van der Waals surface area contributed by atoms with E-state index in [2.05, 4.69) is 19.2 Å². The van der Waals surface area contributed by atoms with Crippen molar-refractivity contribution >= 4 is 5.91 Å². The Bertz CT molecular complexity index is 570. The molecule has 0 radical (unpaired) electrons. The fourth-order valence-corrected chi connectivity index (χ4v) is 4.46. The van der Waals surface area contributed by atoms with Crippen molar-refractivity contribution < 1.29 is 9.18 Å². The number of hydrogen-bond acceptors (Lipinski definition) is 2. The van der Waals surface area contributed by atoms with E-state index in [1.54, 1.807) is 12.1 Å². The van der Waals surface area contributed by atoms with Crippen LogP contribution in [0, 0.1) is 23.6 Å². The van der Waals surface area contributed by atoms with Crippen LogP contribution < -0.4 is 11.1 Å². The first-order valence-corrected chi connectivity index (χ1v) is 9.16. The molecular weight excluding hydrogens is 303 g/mol. The molecule has 1 aromatic carbocycles. The highest BCUT2D eigenvalue weighted by molar-refractivity contribution is 5.79. The Labute approximate surface area is 144 Å². The van der Waals surface area contributed by atoms with Gasteiger partial charge in [0.25, 0.3) is 0 Å². The van der Waals surface area contributed by atoms with Crippen molar-refractivity contribution in [3.05, 3.63) is 35.6 Å². The van der Waals surface area contributed by atoms with E-state index < -0.39 is 0 Å². The zero-order chi connectivity index (χ0) is 17.3. The summed E-state index contributed by atoms with van der Waals surface area (Å²) in [5.74, 6) is 1.05. The molecule has 3 rings (SSSR count). The van der Waals surface area contributed by atoms with E-state index in [-0.39, 0.29) is 23.1 Å². The lowest BCUT2D eigenvalue weighted by atomic mass is 9.65. The lowest BCUT2D eigenvalue weighted by Crippen LogP contribution is -2.50. The van der Waals surface area contributed by atoms with Gasteiger partial charge in [-0.05, 0) is 55.2 Å². The number of hydrogen-bond donors (Lipinski definition) is 2. The number of carbonyl (C=O) groups is 1. The van der Waals surface area contributed by atoms with Crippen molar-refractivity contribution in [2.24, 2.45) is 23.5 Å². The van der Waals surface area contributed by atoms with E-state index in [0.29, 0.717) is 24.4 Å². The second-order valence-electron chi connectivity index (χ2n) is 8.31. The largest absolute Gasteiger partial charge is 0.355 e. The summed E-state index contributed by atoms with van der Waals surface area (Å²) in [6.45, 7) is 4.72. The topological polar surface area (TPSA) is 55.1 Å². The molecule has 1 aromatic rings. The third kappa shape index (κ3) is 3.64. The van der Waals surface area contributed by atoms with Gasteiger partial charge in [-0.15, -0.1) is 0 Å². The summed E-state index contributed by atoms with van der Waals surface area (Å²) in [5.41, 5.74) is 7.13. The Hall–Kier alpha value is -1.42. The lowest BCUT2D eigenvalue weighted by molar-refractivity contribution is -0.128. The van der Waals surface area contributed by atoms with Gasteiger partial charge in [0.15, 0.2) is 0 Å². The van der Waals surface area contributed by atoms with Crippen molar-refractivity contribution in [1.29, 1.82) is 0 Å². The number of nitrogens with two attached hydrogens (primary N) is 1. The second kappa shape index (κ2) is 6.83. The van der Waals surface area contributed by atoms with Crippen molar-refractivity contribution in [3.8, 4) is 0 Å². The minimum absolute atomic E-state index is 0.101. The highest BCUT2D eigenvalue weighted by atomic mass is 19.1. The number of fused-ring (bicyclic) bond motifs is 2. The molecule has 132 valence electrons. The lowest BCUT2D eigenvalue weighted by Gasteiger charge is -2.43. The Kier molecular flexibility index (Phi) is 4.95. The molecule has 2 fully saturated rings. The first kappa shape index (κ1) is 17.4. The minimum atomic E-state index is -0.233. The van der Waals surface area contributed by atoms with E-state index in [0.717, 1.165) is 18.4 Å². The zero-order valence-electron chi connectivity index (χ0n) is 14.7. The van der Waals surface area contributed by atoms with Gasteiger partial charge in [-0.3, -0.25) is 4.79 Å². The molecule has 2 aliphatic rings. The number of rotatable bonds is 4. The summed E-state index contributed by atoms with van der Waals surface area (Å²) in [6, 6.07) is 6.83. The third-order valence-electron chi connectivity index (χ3n) is 6.11. The first-order chi connectivity index (χ1) is 11.4.